The van der Waals surface area contributed by atoms with Crippen LogP contribution in [0, 0.1) is 0 Å². The molecule has 2 aliphatic heterocycles. The second kappa shape index (κ2) is 4.14. The largest absolute Gasteiger partial charge is 0.449 e. The van der Waals surface area contributed by atoms with E-state index >= 15 is 0 Å². The van der Waals surface area contributed by atoms with Gasteiger partial charge in [-0.15, -0.1) is 0 Å². The van der Waals surface area contributed by atoms with E-state index in [0.717, 1.165) is 22.2 Å². The van der Waals surface area contributed by atoms with Gasteiger partial charge in [0.05, 0.1) is 17.8 Å². The highest BCUT2D eigenvalue weighted by atomic mass is 16.5. The average Bonchev–Trinajstić information content (AvgIpc) is 2.76. The average molecular weight is 240 g/mol. The van der Waals surface area contributed by atoms with E-state index in [1.54, 1.807) is 19.3 Å². The molecule has 0 saturated heterocycles. The Kier molecular flexibility index (Phi) is 2.48. The lowest BCUT2D eigenvalue weighted by Gasteiger charge is -2.06. The van der Waals surface area contributed by atoms with Gasteiger partial charge in [-0.1, -0.05) is 18.2 Å². The minimum absolute atomic E-state index is 0.361. The molecule has 4 heteroatoms. The van der Waals surface area contributed by atoms with Crippen molar-refractivity contribution in [1.82, 2.24) is 9.55 Å². The highest BCUT2D eigenvalue weighted by molar-refractivity contribution is 5.97. The summed E-state index contributed by atoms with van der Waals surface area (Å²) in [6.07, 6.45) is 3.02. The first kappa shape index (κ1) is 10.8. The molecule has 90 valence electrons. The van der Waals surface area contributed by atoms with Crippen LogP contribution in [0.15, 0.2) is 42.7 Å². The molecular weight excluding hydrogens is 228 g/mol. The van der Waals surface area contributed by atoms with Crippen molar-refractivity contribution in [2.24, 2.45) is 0 Å². The van der Waals surface area contributed by atoms with Gasteiger partial charge in [0.15, 0.2) is 0 Å². The van der Waals surface area contributed by atoms with E-state index < -0.39 is 0 Å². The molecule has 0 atom stereocenters. The molecule has 0 saturated carbocycles. The number of hydrogen-bond acceptors (Lipinski definition) is 3. The summed E-state index contributed by atoms with van der Waals surface area (Å²) in [7, 11) is 0. The molecule has 2 heterocycles. The lowest BCUT2D eigenvalue weighted by atomic mass is 10.1. The number of aromatic nitrogens is 2. The smallest absolute Gasteiger partial charge is 0.418 e. The summed E-state index contributed by atoms with van der Waals surface area (Å²) in [4.78, 5) is 16.1. The van der Waals surface area contributed by atoms with E-state index in [2.05, 4.69) is 4.98 Å². The number of carbonyl (C=O) groups excluding carboxylic acids is 1. The highest BCUT2D eigenvalue weighted by Crippen LogP contribution is 2.30. The van der Waals surface area contributed by atoms with Crippen molar-refractivity contribution < 1.29 is 9.53 Å². The second-order valence-electron chi connectivity index (χ2n) is 3.98. The molecule has 3 rings (SSSR count). The Morgan fingerprint density at radius 2 is 2.17 bits per heavy atom. The Bertz CT molecular complexity index is 687. The zero-order chi connectivity index (χ0) is 12.5. The lowest BCUT2D eigenvalue weighted by molar-refractivity contribution is 0.153. The monoisotopic (exact) mass is 240 g/mol. The Morgan fingerprint density at radius 1 is 1.33 bits per heavy atom. The number of pyridine rings is 1. The SMILES string of the molecule is CCOC(=O)n1ccc2c3ccccc3nc-2c1. The molecule has 1 aromatic carbocycles. The summed E-state index contributed by atoms with van der Waals surface area (Å²) in [6, 6.07) is 9.81. The van der Waals surface area contributed by atoms with E-state index in [1.807, 2.05) is 30.3 Å². The Hall–Kier alpha value is -2.36. The van der Waals surface area contributed by atoms with Crippen molar-refractivity contribution in [3.63, 3.8) is 0 Å². The lowest BCUT2D eigenvalue weighted by Crippen LogP contribution is -2.13. The van der Waals surface area contributed by atoms with Crippen molar-refractivity contribution in [3.05, 3.63) is 42.7 Å². The summed E-state index contributed by atoms with van der Waals surface area (Å²) in [6.45, 7) is 2.15. The number of carbonyl (C=O) groups is 1. The second-order valence-corrected chi connectivity index (χ2v) is 3.98. The highest BCUT2D eigenvalue weighted by Gasteiger charge is 2.13. The quantitative estimate of drug-likeness (QED) is 0.656. The molecule has 0 aromatic heterocycles. The fourth-order valence-corrected chi connectivity index (χ4v) is 2.04. The molecule has 0 amide bonds. The van der Waals surface area contributed by atoms with Crippen molar-refractivity contribution in [1.29, 1.82) is 0 Å². The van der Waals surface area contributed by atoms with Crippen LogP contribution in [0.2, 0.25) is 0 Å². The van der Waals surface area contributed by atoms with Crippen LogP contribution in [0.3, 0.4) is 0 Å². The number of hydrogen-bond donors (Lipinski definition) is 0. The maximum Gasteiger partial charge on any atom is 0.418 e. The van der Waals surface area contributed by atoms with Crippen molar-refractivity contribution in [3.8, 4) is 11.3 Å². The van der Waals surface area contributed by atoms with Gasteiger partial charge < -0.3 is 4.74 Å². The van der Waals surface area contributed by atoms with E-state index in [9.17, 15) is 4.79 Å². The molecule has 0 aliphatic carbocycles. The van der Waals surface area contributed by atoms with E-state index in [0.29, 0.717) is 6.61 Å². The normalized spacial score (nSPS) is 10.9. The molecular formula is C14H12N2O2. The molecule has 0 fully saturated rings. The third kappa shape index (κ3) is 1.62. The Morgan fingerprint density at radius 3 is 3.00 bits per heavy atom. The minimum atomic E-state index is -0.383. The number of rotatable bonds is 1. The van der Waals surface area contributed by atoms with Gasteiger partial charge in [-0.3, -0.25) is 4.57 Å². The van der Waals surface area contributed by atoms with Gasteiger partial charge >= 0.3 is 6.09 Å². The number of fused-ring (bicyclic) bond motifs is 3. The number of benzene rings is 1. The zero-order valence-corrected chi connectivity index (χ0v) is 9.96. The van der Waals surface area contributed by atoms with E-state index in [1.165, 1.54) is 4.57 Å². The van der Waals surface area contributed by atoms with Gasteiger partial charge in [0.1, 0.15) is 0 Å². The van der Waals surface area contributed by atoms with Crippen LogP contribution in [0.25, 0.3) is 22.2 Å². The molecule has 18 heavy (non-hydrogen) atoms. The molecule has 4 nitrogen and oxygen atoms in total. The van der Waals surface area contributed by atoms with Gasteiger partial charge in [-0.05, 0) is 19.1 Å². The number of ether oxygens (including phenoxy) is 1. The fraction of sp³-hybridized carbons (Fsp3) is 0.143. The summed E-state index contributed by atoms with van der Waals surface area (Å²) < 4.78 is 6.36. The first-order chi connectivity index (χ1) is 8.79. The molecule has 1 aromatic rings. The maximum atomic E-state index is 11.6. The number of para-hydroxylation sites is 1. The van der Waals surface area contributed by atoms with Crippen LogP contribution in [0.5, 0.6) is 0 Å². The van der Waals surface area contributed by atoms with Crippen molar-refractivity contribution in [2.45, 2.75) is 6.92 Å². The maximum absolute atomic E-state index is 11.6. The van der Waals surface area contributed by atoms with E-state index in [4.69, 9.17) is 4.74 Å². The minimum Gasteiger partial charge on any atom is -0.449 e. The van der Waals surface area contributed by atoms with Crippen molar-refractivity contribution >= 4 is 17.0 Å². The van der Waals surface area contributed by atoms with Crippen LogP contribution < -0.4 is 0 Å². The molecule has 0 bridgehead atoms. The van der Waals surface area contributed by atoms with Crippen LogP contribution >= 0.6 is 0 Å². The third-order valence-corrected chi connectivity index (χ3v) is 2.85. The van der Waals surface area contributed by atoms with Crippen molar-refractivity contribution in [2.75, 3.05) is 6.61 Å². The predicted octanol–water partition coefficient (Wildman–Crippen LogP) is 3.15. The van der Waals surface area contributed by atoms with Crippen LogP contribution in [-0.4, -0.2) is 22.3 Å². The summed E-state index contributed by atoms with van der Waals surface area (Å²) in [5.41, 5.74) is 2.78. The Labute approximate surface area is 104 Å². The molecule has 0 N–H and O–H groups in total. The molecule has 2 aliphatic rings. The summed E-state index contributed by atoms with van der Waals surface area (Å²) in [5, 5.41) is 1.10. The number of nitrogens with zero attached hydrogens (tertiary/aromatic N) is 2. The zero-order valence-electron chi connectivity index (χ0n) is 9.96. The van der Waals surface area contributed by atoms with Crippen LogP contribution in [0.1, 0.15) is 6.92 Å². The van der Waals surface area contributed by atoms with Gasteiger partial charge in [0, 0.05) is 23.3 Å². The van der Waals surface area contributed by atoms with Gasteiger partial charge in [-0.25, -0.2) is 9.78 Å². The van der Waals surface area contributed by atoms with Crippen LogP contribution in [-0.2, 0) is 4.74 Å². The topological polar surface area (TPSA) is 44.1 Å². The first-order valence-electron chi connectivity index (χ1n) is 5.83. The fourth-order valence-electron chi connectivity index (χ4n) is 2.04. The van der Waals surface area contributed by atoms with Crippen LogP contribution in [0.4, 0.5) is 4.79 Å². The van der Waals surface area contributed by atoms with Gasteiger partial charge in [0.25, 0.3) is 0 Å². The standard InChI is InChI=1S/C14H12N2O2/c1-2-18-14(17)16-8-7-11-10-5-3-4-6-12(10)15-13(11)9-16/h3-9H,2H2,1H3. The van der Waals surface area contributed by atoms with Gasteiger partial charge in [0.2, 0.25) is 0 Å². The molecule has 0 radical (unpaired) electrons. The third-order valence-electron chi connectivity index (χ3n) is 2.85. The Balaban J connectivity index is 2.15. The predicted molar refractivity (Wildman–Crippen MR) is 68.8 cm³/mol. The molecule has 0 spiro atoms. The van der Waals surface area contributed by atoms with E-state index in [-0.39, 0.29) is 6.09 Å². The summed E-state index contributed by atoms with van der Waals surface area (Å²) in [5.74, 6) is 0. The van der Waals surface area contributed by atoms with Gasteiger partial charge in [-0.2, -0.15) is 0 Å². The molecule has 0 unspecified atom stereocenters. The first-order valence-corrected chi connectivity index (χ1v) is 5.83. The summed E-state index contributed by atoms with van der Waals surface area (Å²) >= 11 is 0.